The number of hydrogen-bond donors (Lipinski definition) is 3. The second-order valence-corrected chi connectivity index (χ2v) is 7.48. The highest BCUT2D eigenvalue weighted by atomic mass is 16.5. The number of rotatable bonds is 9. The fourth-order valence-corrected chi connectivity index (χ4v) is 3.57. The molecular formula is C21H30N4O5. The number of nitrogens with one attached hydrogen (secondary N) is 2. The van der Waals surface area contributed by atoms with Crippen molar-refractivity contribution >= 4 is 29.8 Å². The Morgan fingerprint density at radius 2 is 2.03 bits per heavy atom. The highest BCUT2D eigenvalue weighted by Crippen LogP contribution is 2.28. The highest BCUT2D eigenvalue weighted by molar-refractivity contribution is 5.98. The minimum absolute atomic E-state index is 0.0391. The molecule has 0 fully saturated rings. The number of hydroxylamine groups is 2. The Balaban J connectivity index is 2.00. The van der Waals surface area contributed by atoms with Crippen LogP contribution in [-0.2, 0) is 20.8 Å². The van der Waals surface area contributed by atoms with Gasteiger partial charge in [0.2, 0.25) is 18.2 Å². The largest absolute Gasteiger partial charge is 0.312 e. The van der Waals surface area contributed by atoms with Gasteiger partial charge in [-0.2, -0.15) is 0 Å². The van der Waals surface area contributed by atoms with Crippen molar-refractivity contribution < 1.29 is 24.4 Å². The van der Waals surface area contributed by atoms with Crippen LogP contribution in [0, 0.1) is 5.92 Å². The molecule has 0 unspecified atom stereocenters. The number of carbonyl (C=O) groups excluding carboxylic acids is 4. The van der Waals surface area contributed by atoms with Crippen molar-refractivity contribution in [2.45, 2.75) is 52.4 Å². The average molecular weight is 418 g/mol. The van der Waals surface area contributed by atoms with Crippen molar-refractivity contribution in [1.29, 1.82) is 0 Å². The van der Waals surface area contributed by atoms with E-state index in [0.717, 1.165) is 43.4 Å². The first-order chi connectivity index (χ1) is 14.4. The molecule has 1 atom stereocenters. The maximum Gasteiger partial charge on any atom is 0.269 e. The van der Waals surface area contributed by atoms with Crippen molar-refractivity contribution in [3.8, 4) is 0 Å². The standard InChI is InChI=1S/C21H30N4O5/c1-3-4-5-7-18(13-24(30)14-26)21(29)23-22-20(28)17-9-10-19-16(12-17)8-6-11-25(19)15(2)27/h9-10,12,14,18,30H,3-8,11,13H2,1-2H3,(H,22,28)(H,23,29)/t18-/m0/s1. The fourth-order valence-electron chi connectivity index (χ4n) is 3.57. The van der Waals surface area contributed by atoms with Crippen LogP contribution in [0.4, 0.5) is 5.69 Å². The van der Waals surface area contributed by atoms with E-state index in [1.54, 1.807) is 23.1 Å². The molecule has 0 bridgehead atoms. The third-order valence-electron chi connectivity index (χ3n) is 5.20. The van der Waals surface area contributed by atoms with Crippen LogP contribution in [0.25, 0.3) is 0 Å². The van der Waals surface area contributed by atoms with E-state index in [1.807, 2.05) is 6.92 Å². The second kappa shape index (κ2) is 11.3. The van der Waals surface area contributed by atoms with Crippen LogP contribution < -0.4 is 15.8 Å². The lowest BCUT2D eigenvalue weighted by Gasteiger charge is -2.28. The Hall–Kier alpha value is -2.94. The maximum absolute atomic E-state index is 12.5. The van der Waals surface area contributed by atoms with Crippen LogP contribution >= 0.6 is 0 Å². The minimum atomic E-state index is -0.639. The van der Waals surface area contributed by atoms with E-state index in [9.17, 15) is 24.4 Å². The fraction of sp³-hybridized carbons (Fsp3) is 0.524. The van der Waals surface area contributed by atoms with Crippen LogP contribution in [0.2, 0.25) is 0 Å². The maximum atomic E-state index is 12.5. The molecule has 1 aliphatic rings. The number of nitrogens with zero attached hydrogens (tertiary/aromatic N) is 2. The monoisotopic (exact) mass is 418 g/mol. The summed E-state index contributed by atoms with van der Waals surface area (Å²) in [5, 5.41) is 9.86. The van der Waals surface area contributed by atoms with Gasteiger partial charge in [-0.3, -0.25) is 35.2 Å². The van der Waals surface area contributed by atoms with Crippen molar-refractivity contribution in [3.05, 3.63) is 29.3 Å². The second-order valence-electron chi connectivity index (χ2n) is 7.48. The zero-order valence-corrected chi connectivity index (χ0v) is 17.5. The molecule has 164 valence electrons. The Kier molecular flexibility index (Phi) is 8.79. The van der Waals surface area contributed by atoms with Crippen molar-refractivity contribution in [2.75, 3.05) is 18.0 Å². The molecule has 4 amide bonds. The zero-order chi connectivity index (χ0) is 22.1. The van der Waals surface area contributed by atoms with Crippen LogP contribution in [0.5, 0.6) is 0 Å². The Morgan fingerprint density at radius 3 is 2.70 bits per heavy atom. The molecule has 3 N–H and O–H groups in total. The molecule has 0 spiro atoms. The van der Waals surface area contributed by atoms with Gasteiger partial charge in [-0.15, -0.1) is 0 Å². The first-order valence-electron chi connectivity index (χ1n) is 10.3. The van der Waals surface area contributed by atoms with E-state index >= 15 is 0 Å². The van der Waals surface area contributed by atoms with Crippen LogP contribution in [0.15, 0.2) is 18.2 Å². The molecule has 1 aromatic rings. The van der Waals surface area contributed by atoms with E-state index < -0.39 is 17.7 Å². The third-order valence-corrected chi connectivity index (χ3v) is 5.20. The summed E-state index contributed by atoms with van der Waals surface area (Å²) in [4.78, 5) is 49.1. The lowest BCUT2D eigenvalue weighted by Crippen LogP contribution is -2.46. The van der Waals surface area contributed by atoms with Gasteiger partial charge in [0.1, 0.15) is 0 Å². The van der Waals surface area contributed by atoms with Gasteiger partial charge < -0.3 is 4.90 Å². The van der Waals surface area contributed by atoms with Gasteiger partial charge in [-0.05, 0) is 43.0 Å². The van der Waals surface area contributed by atoms with Gasteiger partial charge in [0, 0.05) is 24.7 Å². The summed E-state index contributed by atoms with van der Waals surface area (Å²) in [6.45, 7) is 4.06. The topological polar surface area (TPSA) is 119 Å². The van der Waals surface area contributed by atoms with Crippen molar-refractivity contribution in [1.82, 2.24) is 15.9 Å². The summed E-state index contributed by atoms with van der Waals surface area (Å²) >= 11 is 0. The summed E-state index contributed by atoms with van der Waals surface area (Å²) in [5.41, 5.74) is 6.88. The molecular weight excluding hydrogens is 388 g/mol. The number of hydrogen-bond acceptors (Lipinski definition) is 5. The number of unbranched alkanes of at least 4 members (excludes halogenated alkanes) is 2. The van der Waals surface area contributed by atoms with Gasteiger partial charge in [0.05, 0.1) is 12.5 Å². The Bertz CT molecular complexity index is 783. The summed E-state index contributed by atoms with van der Waals surface area (Å²) in [6, 6.07) is 5.09. The zero-order valence-electron chi connectivity index (χ0n) is 17.5. The van der Waals surface area contributed by atoms with Gasteiger partial charge in [0.15, 0.2) is 0 Å². The highest BCUT2D eigenvalue weighted by Gasteiger charge is 2.23. The van der Waals surface area contributed by atoms with Crippen LogP contribution in [-0.4, -0.2) is 47.5 Å². The Morgan fingerprint density at radius 1 is 1.27 bits per heavy atom. The molecule has 0 radical (unpaired) electrons. The summed E-state index contributed by atoms with van der Waals surface area (Å²) in [6.07, 6.45) is 4.99. The van der Waals surface area contributed by atoms with Gasteiger partial charge in [-0.25, -0.2) is 5.06 Å². The number of carbonyl (C=O) groups is 4. The number of amides is 4. The number of hydrazine groups is 1. The number of anilines is 1. The summed E-state index contributed by atoms with van der Waals surface area (Å²) < 4.78 is 0. The lowest BCUT2D eigenvalue weighted by atomic mass is 9.99. The SMILES string of the molecule is CCCCC[C@@H](CN(O)C=O)C(=O)NNC(=O)c1ccc2c(c1)CCCN2C(C)=O. The van der Waals surface area contributed by atoms with Gasteiger partial charge in [-0.1, -0.05) is 26.2 Å². The minimum Gasteiger partial charge on any atom is -0.312 e. The van der Waals surface area contributed by atoms with E-state index in [2.05, 4.69) is 10.9 Å². The smallest absolute Gasteiger partial charge is 0.269 e. The quantitative estimate of drug-likeness (QED) is 0.244. The number of fused-ring (bicyclic) bond motifs is 1. The first-order valence-corrected chi connectivity index (χ1v) is 10.3. The van der Waals surface area contributed by atoms with E-state index in [1.165, 1.54) is 6.92 Å². The predicted octanol–water partition coefficient (Wildman–Crippen LogP) is 1.79. The summed E-state index contributed by atoms with van der Waals surface area (Å²) in [5.74, 6) is -1.63. The molecule has 1 heterocycles. The first kappa shape index (κ1) is 23.3. The van der Waals surface area contributed by atoms with Crippen molar-refractivity contribution in [2.24, 2.45) is 5.92 Å². The molecule has 1 aromatic carbocycles. The molecule has 9 heteroatoms. The number of benzene rings is 1. The molecule has 0 aliphatic carbocycles. The van der Waals surface area contributed by atoms with Crippen LogP contribution in [0.1, 0.15) is 61.9 Å². The molecule has 9 nitrogen and oxygen atoms in total. The van der Waals surface area contributed by atoms with Crippen LogP contribution in [0.3, 0.4) is 0 Å². The third kappa shape index (κ3) is 6.28. The van der Waals surface area contributed by atoms with E-state index in [-0.39, 0.29) is 18.9 Å². The molecule has 2 rings (SSSR count). The molecule has 0 saturated carbocycles. The predicted molar refractivity (Wildman–Crippen MR) is 111 cm³/mol. The lowest BCUT2D eigenvalue weighted by molar-refractivity contribution is -0.154. The van der Waals surface area contributed by atoms with Crippen molar-refractivity contribution in [3.63, 3.8) is 0 Å². The van der Waals surface area contributed by atoms with E-state index in [0.29, 0.717) is 23.6 Å². The molecule has 0 aromatic heterocycles. The normalized spacial score (nSPS) is 13.8. The summed E-state index contributed by atoms with van der Waals surface area (Å²) in [7, 11) is 0. The average Bonchev–Trinajstić information content (AvgIpc) is 2.75. The molecule has 1 aliphatic heterocycles. The van der Waals surface area contributed by atoms with E-state index in [4.69, 9.17) is 0 Å². The van der Waals surface area contributed by atoms with Gasteiger partial charge >= 0.3 is 0 Å². The molecule has 0 saturated heterocycles. The number of aryl methyl sites for hydroxylation is 1. The molecule has 30 heavy (non-hydrogen) atoms. The van der Waals surface area contributed by atoms with Gasteiger partial charge in [0.25, 0.3) is 5.91 Å². The Labute approximate surface area is 176 Å².